The molecule has 2 N–H and O–H groups in total. The number of carbonyl (C=O) groups excluding carboxylic acids is 2. The molecular formula is C26H28N4O4S. The first-order valence-electron chi connectivity index (χ1n) is 11.2. The minimum absolute atomic E-state index is 0.114. The van der Waals surface area contributed by atoms with Gasteiger partial charge in [-0.3, -0.25) is 10.1 Å². The average Bonchev–Trinajstić information content (AvgIpc) is 2.87. The van der Waals surface area contributed by atoms with E-state index in [2.05, 4.69) is 27.5 Å². The van der Waals surface area contributed by atoms with Crippen LogP contribution < -0.4 is 20.3 Å². The van der Waals surface area contributed by atoms with E-state index in [-0.39, 0.29) is 5.11 Å². The number of nitrogens with one attached hydrogen (secondary N) is 2. The lowest BCUT2D eigenvalue weighted by Crippen LogP contribution is -2.45. The maximum Gasteiger partial charge on any atom is 0.337 e. The second-order valence-electron chi connectivity index (χ2n) is 8.32. The van der Waals surface area contributed by atoms with E-state index in [1.165, 1.54) is 14.2 Å². The first kappa shape index (κ1) is 24.4. The fraction of sp³-hybridized carbons (Fsp3) is 0.269. The van der Waals surface area contributed by atoms with Crippen LogP contribution in [-0.2, 0) is 4.74 Å². The summed E-state index contributed by atoms with van der Waals surface area (Å²) in [4.78, 5) is 29.7. The first-order valence-corrected chi connectivity index (χ1v) is 11.7. The minimum Gasteiger partial charge on any atom is -0.496 e. The molecular weight excluding hydrogens is 464 g/mol. The monoisotopic (exact) mass is 492 g/mol. The molecule has 1 fully saturated rings. The van der Waals surface area contributed by atoms with E-state index in [4.69, 9.17) is 21.7 Å². The largest absolute Gasteiger partial charge is 0.496 e. The van der Waals surface area contributed by atoms with Gasteiger partial charge in [-0.1, -0.05) is 24.3 Å². The Morgan fingerprint density at radius 1 is 0.943 bits per heavy atom. The van der Waals surface area contributed by atoms with Gasteiger partial charge in [0.15, 0.2) is 5.11 Å². The third kappa shape index (κ3) is 5.52. The molecule has 0 saturated carbocycles. The SMILES string of the molecule is COC(=O)c1ccc(N2CCN(C)CC2)c(NC(=S)NC(=O)c2cc3ccccc3cc2OC)c1. The average molecular weight is 493 g/mol. The second kappa shape index (κ2) is 10.7. The topological polar surface area (TPSA) is 83.1 Å². The van der Waals surface area contributed by atoms with Crippen LogP contribution in [0.1, 0.15) is 20.7 Å². The standard InChI is InChI=1S/C26H28N4O4S/c1-29-10-12-30(13-11-29)22-9-8-19(25(32)34-3)15-21(22)27-26(35)28-24(31)20-14-17-6-4-5-7-18(17)16-23(20)33-2/h4-9,14-16H,10-13H2,1-3H3,(H2,27,28,31,35). The molecule has 3 aromatic carbocycles. The maximum atomic E-state index is 13.1. The van der Waals surface area contributed by atoms with E-state index in [9.17, 15) is 9.59 Å². The number of hydrogen-bond donors (Lipinski definition) is 2. The highest BCUT2D eigenvalue weighted by Gasteiger charge is 2.21. The van der Waals surface area contributed by atoms with E-state index in [1.807, 2.05) is 36.4 Å². The third-order valence-corrected chi connectivity index (χ3v) is 6.25. The van der Waals surface area contributed by atoms with Gasteiger partial charge in [0.2, 0.25) is 0 Å². The first-order chi connectivity index (χ1) is 16.9. The molecule has 1 saturated heterocycles. The highest BCUT2D eigenvalue weighted by Crippen LogP contribution is 2.29. The molecule has 0 aromatic heterocycles. The van der Waals surface area contributed by atoms with Crippen molar-refractivity contribution in [3.8, 4) is 5.75 Å². The van der Waals surface area contributed by atoms with Gasteiger partial charge in [0.1, 0.15) is 5.75 Å². The van der Waals surface area contributed by atoms with E-state index < -0.39 is 11.9 Å². The highest BCUT2D eigenvalue weighted by atomic mass is 32.1. The van der Waals surface area contributed by atoms with Crippen molar-refractivity contribution < 1.29 is 19.1 Å². The molecule has 3 aromatic rings. The molecule has 0 aliphatic carbocycles. The predicted molar refractivity (Wildman–Crippen MR) is 142 cm³/mol. The Morgan fingerprint density at radius 2 is 1.63 bits per heavy atom. The van der Waals surface area contributed by atoms with Crippen molar-refractivity contribution in [3.63, 3.8) is 0 Å². The molecule has 1 heterocycles. The van der Waals surface area contributed by atoms with Crippen molar-refractivity contribution in [2.24, 2.45) is 0 Å². The highest BCUT2D eigenvalue weighted by molar-refractivity contribution is 7.80. The van der Waals surface area contributed by atoms with Crippen molar-refractivity contribution in [1.82, 2.24) is 10.2 Å². The van der Waals surface area contributed by atoms with Gasteiger partial charge in [0, 0.05) is 26.2 Å². The lowest BCUT2D eigenvalue weighted by atomic mass is 10.1. The number of nitrogens with zero attached hydrogens (tertiary/aromatic N) is 2. The molecule has 0 bridgehead atoms. The Balaban J connectivity index is 1.57. The molecule has 0 spiro atoms. The number of ether oxygens (including phenoxy) is 2. The molecule has 1 aliphatic rings. The maximum absolute atomic E-state index is 13.1. The number of methoxy groups -OCH3 is 2. The van der Waals surface area contributed by atoms with Crippen LogP contribution in [-0.4, -0.2) is 69.3 Å². The Labute approximate surface area is 209 Å². The molecule has 0 radical (unpaired) electrons. The van der Waals surface area contributed by atoms with Crippen molar-refractivity contribution in [3.05, 3.63) is 65.7 Å². The number of anilines is 2. The van der Waals surface area contributed by atoms with Crippen molar-refractivity contribution in [1.29, 1.82) is 0 Å². The summed E-state index contributed by atoms with van der Waals surface area (Å²) in [5.41, 5.74) is 2.27. The van der Waals surface area contributed by atoms with Gasteiger partial charge in [-0.15, -0.1) is 0 Å². The van der Waals surface area contributed by atoms with Crippen LogP contribution >= 0.6 is 12.2 Å². The normalized spacial score (nSPS) is 13.9. The summed E-state index contributed by atoms with van der Waals surface area (Å²) >= 11 is 5.48. The quantitative estimate of drug-likeness (QED) is 0.414. The van der Waals surface area contributed by atoms with E-state index in [1.54, 1.807) is 18.2 Å². The lowest BCUT2D eigenvalue weighted by Gasteiger charge is -2.35. The van der Waals surface area contributed by atoms with Gasteiger partial charge >= 0.3 is 5.97 Å². The van der Waals surface area contributed by atoms with E-state index >= 15 is 0 Å². The number of esters is 1. The van der Waals surface area contributed by atoms with Crippen LogP contribution in [0, 0.1) is 0 Å². The van der Waals surface area contributed by atoms with Gasteiger partial charge in [-0.25, -0.2) is 4.79 Å². The number of benzene rings is 3. The fourth-order valence-corrected chi connectivity index (χ4v) is 4.30. The number of likely N-dealkylation sites (N-methyl/N-ethyl adjacent to an activating group) is 1. The third-order valence-electron chi connectivity index (χ3n) is 6.05. The van der Waals surface area contributed by atoms with Crippen molar-refractivity contribution in [2.75, 3.05) is 57.7 Å². The summed E-state index contributed by atoms with van der Waals surface area (Å²) in [6.45, 7) is 3.49. The molecule has 35 heavy (non-hydrogen) atoms. The van der Waals surface area contributed by atoms with Crippen molar-refractivity contribution >= 4 is 51.4 Å². The number of piperazine rings is 1. The second-order valence-corrected chi connectivity index (χ2v) is 8.73. The summed E-state index contributed by atoms with van der Waals surface area (Å²) in [5.74, 6) is -0.390. The zero-order chi connectivity index (χ0) is 24.9. The van der Waals surface area contributed by atoms with Gasteiger partial charge in [0.05, 0.1) is 36.7 Å². The summed E-state index contributed by atoms with van der Waals surface area (Å²) in [6.07, 6.45) is 0. The van der Waals surface area contributed by atoms with Crippen molar-refractivity contribution in [2.45, 2.75) is 0 Å². The molecule has 8 nitrogen and oxygen atoms in total. The Morgan fingerprint density at radius 3 is 2.29 bits per heavy atom. The van der Waals surface area contributed by atoms with Crippen LogP contribution in [0.2, 0.25) is 0 Å². The molecule has 4 rings (SSSR count). The van der Waals surface area contributed by atoms with E-state index in [0.29, 0.717) is 22.6 Å². The van der Waals surface area contributed by atoms with Gasteiger partial charge in [0.25, 0.3) is 5.91 Å². The Hall–Kier alpha value is -3.69. The zero-order valence-corrected chi connectivity index (χ0v) is 20.8. The zero-order valence-electron chi connectivity index (χ0n) is 20.0. The van der Waals surface area contributed by atoms with Crippen LogP contribution in [0.5, 0.6) is 5.75 Å². The summed E-state index contributed by atoms with van der Waals surface area (Å²) in [7, 11) is 4.95. The fourth-order valence-electron chi connectivity index (χ4n) is 4.09. The summed E-state index contributed by atoms with van der Waals surface area (Å²) in [6, 6.07) is 16.6. The molecule has 1 aliphatic heterocycles. The lowest BCUT2D eigenvalue weighted by molar-refractivity contribution is 0.0600. The number of rotatable bonds is 5. The number of amides is 1. The summed E-state index contributed by atoms with van der Waals surface area (Å²) < 4.78 is 10.3. The number of thiocarbonyl (C=S) groups is 1. The van der Waals surface area contributed by atoms with Crippen LogP contribution in [0.3, 0.4) is 0 Å². The molecule has 1 amide bonds. The van der Waals surface area contributed by atoms with Crippen LogP contribution in [0.25, 0.3) is 10.8 Å². The number of carbonyl (C=O) groups is 2. The van der Waals surface area contributed by atoms with Gasteiger partial charge in [-0.05, 0) is 60.4 Å². The Bertz CT molecular complexity index is 1270. The van der Waals surface area contributed by atoms with Gasteiger partial charge < -0.3 is 24.6 Å². The number of hydrogen-bond acceptors (Lipinski definition) is 7. The smallest absolute Gasteiger partial charge is 0.337 e. The van der Waals surface area contributed by atoms with Gasteiger partial charge in [-0.2, -0.15) is 0 Å². The molecule has 9 heteroatoms. The molecule has 0 atom stereocenters. The molecule has 0 unspecified atom stereocenters. The van der Waals surface area contributed by atoms with Crippen LogP contribution in [0.4, 0.5) is 11.4 Å². The minimum atomic E-state index is -0.450. The van der Waals surface area contributed by atoms with E-state index in [0.717, 1.165) is 42.6 Å². The number of fused-ring (bicyclic) bond motifs is 1. The van der Waals surface area contributed by atoms with Crippen LogP contribution in [0.15, 0.2) is 54.6 Å². The molecule has 182 valence electrons. The predicted octanol–water partition coefficient (Wildman–Crippen LogP) is 3.51. The Kier molecular flexibility index (Phi) is 7.48. The summed E-state index contributed by atoms with van der Waals surface area (Å²) in [5, 5.41) is 7.85.